The van der Waals surface area contributed by atoms with Crippen LogP contribution in [0, 0.1) is 0 Å². The van der Waals surface area contributed by atoms with E-state index in [0.29, 0.717) is 5.56 Å². The van der Waals surface area contributed by atoms with Gasteiger partial charge in [-0.15, -0.1) is 0 Å². The molecule has 0 saturated carbocycles. The first-order valence-electron chi connectivity index (χ1n) is 5.71. The molecule has 5 nitrogen and oxygen atoms in total. The van der Waals surface area contributed by atoms with Crippen molar-refractivity contribution in [3.8, 4) is 0 Å². The summed E-state index contributed by atoms with van der Waals surface area (Å²) < 4.78 is 4.52. The van der Waals surface area contributed by atoms with Crippen LogP contribution in [0.5, 0.6) is 0 Å². The average molecular weight is 251 g/mol. The maximum absolute atomic E-state index is 12.1. The van der Waals surface area contributed by atoms with Crippen LogP contribution in [-0.4, -0.2) is 48.7 Å². The van der Waals surface area contributed by atoms with E-state index >= 15 is 0 Å². The number of carbonyl (C=O) groups is 2. The summed E-state index contributed by atoms with van der Waals surface area (Å²) in [5.41, 5.74) is 0.538. The molecular formula is C13H17NO4. The predicted octanol–water partition coefficient (Wildman–Crippen LogP) is 0.684. The van der Waals surface area contributed by atoms with Crippen molar-refractivity contribution in [3.05, 3.63) is 35.9 Å². The van der Waals surface area contributed by atoms with E-state index in [0.717, 1.165) is 0 Å². The first-order valence-corrected chi connectivity index (χ1v) is 5.71. The van der Waals surface area contributed by atoms with Crippen LogP contribution >= 0.6 is 0 Å². The van der Waals surface area contributed by atoms with Gasteiger partial charge in [-0.1, -0.05) is 18.2 Å². The quantitative estimate of drug-likeness (QED) is 0.755. The third kappa shape index (κ3) is 4.18. The van der Waals surface area contributed by atoms with Gasteiger partial charge in [0.25, 0.3) is 5.91 Å². The number of methoxy groups -OCH3 is 1. The third-order valence-corrected chi connectivity index (χ3v) is 2.49. The normalized spacial score (nSPS) is 9.89. The van der Waals surface area contributed by atoms with Gasteiger partial charge in [0.15, 0.2) is 0 Å². The molecule has 1 aromatic carbocycles. The molecule has 0 aliphatic rings. The standard InChI is InChI=1S/C13H17NO4/c1-18-12(16)7-8-14(9-10-15)13(17)11-5-3-2-4-6-11/h2-6,15H,7-10H2,1H3. The molecule has 5 heteroatoms. The number of aliphatic hydroxyl groups excluding tert-OH is 1. The van der Waals surface area contributed by atoms with Crippen molar-refractivity contribution in [2.75, 3.05) is 26.8 Å². The summed E-state index contributed by atoms with van der Waals surface area (Å²) >= 11 is 0. The smallest absolute Gasteiger partial charge is 0.307 e. The topological polar surface area (TPSA) is 66.8 Å². The molecule has 1 aromatic rings. The minimum absolute atomic E-state index is 0.120. The van der Waals surface area contributed by atoms with Crippen molar-refractivity contribution in [3.63, 3.8) is 0 Å². The number of amides is 1. The Morgan fingerprint density at radius 1 is 1.22 bits per heavy atom. The summed E-state index contributed by atoms with van der Waals surface area (Å²) in [4.78, 5) is 24.6. The van der Waals surface area contributed by atoms with Crippen LogP contribution < -0.4 is 0 Å². The lowest BCUT2D eigenvalue weighted by Gasteiger charge is -2.21. The Labute approximate surface area is 106 Å². The van der Waals surface area contributed by atoms with Gasteiger partial charge in [-0.3, -0.25) is 9.59 Å². The summed E-state index contributed by atoms with van der Waals surface area (Å²) in [6, 6.07) is 8.76. The largest absolute Gasteiger partial charge is 0.469 e. The zero-order valence-corrected chi connectivity index (χ0v) is 10.3. The van der Waals surface area contributed by atoms with Crippen LogP contribution in [0.4, 0.5) is 0 Å². The maximum Gasteiger partial charge on any atom is 0.307 e. The van der Waals surface area contributed by atoms with Crippen LogP contribution in [-0.2, 0) is 9.53 Å². The average Bonchev–Trinajstić information content (AvgIpc) is 2.43. The van der Waals surface area contributed by atoms with Crippen molar-refractivity contribution >= 4 is 11.9 Å². The van der Waals surface area contributed by atoms with Crippen LogP contribution in [0.15, 0.2) is 30.3 Å². The SMILES string of the molecule is COC(=O)CCN(CCO)C(=O)c1ccccc1. The molecule has 0 radical (unpaired) electrons. The van der Waals surface area contributed by atoms with Gasteiger partial charge in [-0.25, -0.2) is 0 Å². The van der Waals surface area contributed by atoms with Gasteiger partial charge in [0.2, 0.25) is 0 Å². The molecule has 0 aromatic heterocycles. The van der Waals surface area contributed by atoms with Crippen molar-refractivity contribution < 1.29 is 19.4 Å². The third-order valence-electron chi connectivity index (χ3n) is 2.49. The molecule has 0 aliphatic heterocycles. The highest BCUT2D eigenvalue weighted by atomic mass is 16.5. The monoisotopic (exact) mass is 251 g/mol. The van der Waals surface area contributed by atoms with Crippen LogP contribution in [0.1, 0.15) is 16.8 Å². The fraction of sp³-hybridized carbons (Fsp3) is 0.385. The van der Waals surface area contributed by atoms with E-state index in [-0.39, 0.29) is 38.0 Å². The number of benzene rings is 1. The Bertz CT molecular complexity index is 391. The van der Waals surface area contributed by atoms with Gasteiger partial charge in [0.05, 0.1) is 20.1 Å². The van der Waals surface area contributed by atoms with Crippen molar-refractivity contribution in [1.82, 2.24) is 4.90 Å². The molecule has 1 N–H and O–H groups in total. The lowest BCUT2D eigenvalue weighted by atomic mass is 10.2. The van der Waals surface area contributed by atoms with Crippen LogP contribution in [0.25, 0.3) is 0 Å². The van der Waals surface area contributed by atoms with Crippen molar-refractivity contribution in [1.29, 1.82) is 0 Å². The number of hydrogen-bond acceptors (Lipinski definition) is 4. The fourth-order valence-electron chi connectivity index (χ4n) is 1.53. The molecule has 0 spiro atoms. The minimum atomic E-state index is -0.376. The molecule has 1 rings (SSSR count). The second-order valence-corrected chi connectivity index (χ2v) is 3.71. The molecule has 0 fully saturated rings. The van der Waals surface area contributed by atoms with Gasteiger partial charge in [0, 0.05) is 18.7 Å². The molecular weight excluding hydrogens is 234 g/mol. The van der Waals surface area contributed by atoms with E-state index in [9.17, 15) is 9.59 Å². The van der Waals surface area contributed by atoms with Crippen molar-refractivity contribution in [2.24, 2.45) is 0 Å². The van der Waals surface area contributed by atoms with Gasteiger partial charge in [-0.05, 0) is 12.1 Å². The maximum atomic E-state index is 12.1. The zero-order valence-electron chi connectivity index (χ0n) is 10.3. The fourth-order valence-corrected chi connectivity index (χ4v) is 1.53. The van der Waals surface area contributed by atoms with E-state index in [4.69, 9.17) is 5.11 Å². The second kappa shape index (κ2) is 7.45. The van der Waals surface area contributed by atoms with E-state index in [2.05, 4.69) is 4.74 Å². The molecule has 0 heterocycles. The molecule has 98 valence electrons. The highest BCUT2D eigenvalue weighted by molar-refractivity contribution is 5.94. The molecule has 18 heavy (non-hydrogen) atoms. The van der Waals surface area contributed by atoms with Gasteiger partial charge < -0.3 is 14.7 Å². The van der Waals surface area contributed by atoms with Crippen molar-refractivity contribution in [2.45, 2.75) is 6.42 Å². The number of rotatable bonds is 6. The molecule has 0 unspecified atom stereocenters. The summed E-state index contributed by atoms with van der Waals surface area (Å²) in [6.45, 7) is 0.297. The lowest BCUT2D eigenvalue weighted by Crippen LogP contribution is -2.35. The Kier molecular flexibility index (Phi) is 5.87. The number of hydrogen-bond donors (Lipinski definition) is 1. The number of carbonyl (C=O) groups excluding carboxylic acids is 2. The van der Waals surface area contributed by atoms with Gasteiger partial charge in [-0.2, -0.15) is 0 Å². The Hall–Kier alpha value is -1.88. The van der Waals surface area contributed by atoms with E-state index in [1.807, 2.05) is 6.07 Å². The minimum Gasteiger partial charge on any atom is -0.469 e. The molecule has 0 aliphatic carbocycles. The first kappa shape index (κ1) is 14.2. The Morgan fingerprint density at radius 2 is 1.89 bits per heavy atom. The number of ether oxygens (including phenoxy) is 1. The summed E-state index contributed by atoms with van der Waals surface area (Å²) in [5, 5.41) is 8.94. The number of esters is 1. The molecule has 0 saturated heterocycles. The number of aliphatic hydroxyl groups is 1. The predicted molar refractivity (Wildman–Crippen MR) is 66.1 cm³/mol. The summed E-state index contributed by atoms with van der Waals surface area (Å²) in [5.74, 6) is -0.577. The van der Waals surface area contributed by atoms with E-state index in [1.165, 1.54) is 12.0 Å². The van der Waals surface area contributed by atoms with Gasteiger partial charge in [0.1, 0.15) is 0 Å². The summed E-state index contributed by atoms with van der Waals surface area (Å²) in [7, 11) is 1.30. The van der Waals surface area contributed by atoms with Crippen LogP contribution in [0.2, 0.25) is 0 Å². The Balaban J connectivity index is 2.66. The number of nitrogens with zero attached hydrogens (tertiary/aromatic N) is 1. The molecule has 1 amide bonds. The lowest BCUT2D eigenvalue weighted by molar-refractivity contribution is -0.140. The zero-order chi connectivity index (χ0) is 13.4. The van der Waals surface area contributed by atoms with Gasteiger partial charge >= 0.3 is 5.97 Å². The molecule has 0 bridgehead atoms. The molecule has 0 atom stereocenters. The highest BCUT2D eigenvalue weighted by Gasteiger charge is 2.16. The van der Waals surface area contributed by atoms with Crippen LogP contribution in [0.3, 0.4) is 0 Å². The van der Waals surface area contributed by atoms with E-state index < -0.39 is 0 Å². The Morgan fingerprint density at radius 3 is 2.44 bits per heavy atom. The summed E-state index contributed by atoms with van der Waals surface area (Å²) in [6.07, 6.45) is 0.120. The second-order valence-electron chi connectivity index (χ2n) is 3.71. The first-order chi connectivity index (χ1) is 8.69. The highest BCUT2D eigenvalue weighted by Crippen LogP contribution is 2.05. The van der Waals surface area contributed by atoms with E-state index in [1.54, 1.807) is 24.3 Å².